The maximum absolute atomic E-state index is 11.9. The summed E-state index contributed by atoms with van der Waals surface area (Å²) >= 11 is 0. The van der Waals surface area contributed by atoms with E-state index in [9.17, 15) is 45.3 Å². The van der Waals surface area contributed by atoms with Crippen molar-refractivity contribution in [2.75, 3.05) is 6.61 Å². The van der Waals surface area contributed by atoms with Crippen molar-refractivity contribution < 1.29 is 69.1 Å². The molecule has 4 rings (SSSR count). The molecule has 5 unspecified atom stereocenters. The smallest absolute Gasteiger partial charge is 0.402 e. The van der Waals surface area contributed by atoms with Gasteiger partial charge in [-0.3, -0.25) is 9.59 Å². The van der Waals surface area contributed by atoms with Gasteiger partial charge < -0.3 is 55.1 Å². The number of phenols is 4. The summed E-state index contributed by atoms with van der Waals surface area (Å²) in [6.07, 6.45) is -9.66. The summed E-state index contributed by atoms with van der Waals surface area (Å²) in [5.74, 6) is -4.86. The molecule has 202 valence electrons. The van der Waals surface area contributed by atoms with E-state index in [2.05, 4.69) is 0 Å². The van der Waals surface area contributed by atoms with Crippen molar-refractivity contribution in [2.24, 2.45) is 0 Å². The number of aliphatic carboxylic acids is 1. The molecule has 0 saturated carbocycles. The van der Waals surface area contributed by atoms with Crippen molar-refractivity contribution in [3.05, 3.63) is 36.4 Å². The number of aliphatic hydroxyl groups is 3. The molecular formula is C24H23O14+. The monoisotopic (exact) mass is 535 g/mol. The maximum atomic E-state index is 11.9. The highest BCUT2D eigenvalue weighted by molar-refractivity contribution is 5.90. The van der Waals surface area contributed by atoms with Crippen LogP contribution in [0.25, 0.3) is 22.3 Å². The number of ether oxygens (including phenoxy) is 3. The van der Waals surface area contributed by atoms with Gasteiger partial charge in [0.05, 0.1) is 18.2 Å². The molecule has 1 saturated heterocycles. The maximum Gasteiger partial charge on any atom is 0.402 e. The summed E-state index contributed by atoms with van der Waals surface area (Å²) in [6.45, 7) is -0.804. The third-order valence-electron chi connectivity index (χ3n) is 5.68. The van der Waals surface area contributed by atoms with Crippen molar-refractivity contribution in [1.82, 2.24) is 0 Å². The van der Waals surface area contributed by atoms with E-state index < -0.39 is 72.9 Å². The lowest BCUT2D eigenvalue weighted by Crippen LogP contribution is -2.61. The standard InChI is InChI=1S/C24H22O14/c25-8-17-20(33)23(38-19(32)7-18(30)31)21(34)24(37-17)36-16-6-11-13(28)4-10(26)5-15(11)35-22(16)9-1-2-12(27)14(29)3-9/h1-6,17,20-21,23-25,33-34H,7-8H2,(H4-,26,27,28,29,30,31)/p+1. The number of benzene rings is 2. The Kier molecular flexibility index (Phi) is 7.41. The van der Waals surface area contributed by atoms with Crippen molar-refractivity contribution in [3.63, 3.8) is 0 Å². The molecule has 3 aromatic rings. The van der Waals surface area contributed by atoms with Gasteiger partial charge in [-0.1, -0.05) is 0 Å². The Balaban J connectivity index is 1.77. The van der Waals surface area contributed by atoms with Gasteiger partial charge in [0.1, 0.15) is 35.5 Å². The number of carboxylic acids is 1. The number of carboxylic acid groups (broad SMARTS) is 1. The fraction of sp³-hybridized carbons (Fsp3) is 0.292. The summed E-state index contributed by atoms with van der Waals surface area (Å²) < 4.78 is 21.9. The normalized spacial score (nSPS) is 23.2. The van der Waals surface area contributed by atoms with E-state index in [0.717, 1.165) is 18.2 Å². The molecule has 1 aromatic heterocycles. The Labute approximate surface area is 212 Å². The van der Waals surface area contributed by atoms with Crippen LogP contribution in [-0.4, -0.2) is 90.1 Å². The zero-order valence-corrected chi connectivity index (χ0v) is 19.3. The number of aromatic hydroxyl groups is 4. The predicted molar refractivity (Wildman–Crippen MR) is 123 cm³/mol. The Hall–Kier alpha value is -4.37. The molecular weight excluding hydrogens is 512 g/mol. The fourth-order valence-electron chi connectivity index (χ4n) is 3.87. The average molecular weight is 535 g/mol. The summed E-state index contributed by atoms with van der Waals surface area (Å²) in [5.41, 5.74) is 0.111. The van der Waals surface area contributed by atoms with Crippen LogP contribution in [-0.2, 0) is 19.1 Å². The van der Waals surface area contributed by atoms with Gasteiger partial charge >= 0.3 is 23.3 Å². The number of aliphatic hydroxyl groups excluding tert-OH is 3. The molecule has 0 amide bonds. The van der Waals surface area contributed by atoms with Gasteiger partial charge in [-0.15, -0.1) is 0 Å². The summed E-state index contributed by atoms with van der Waals surface area (Å²) in [7, 11) is 0. The number of rotatable bonds is 7. The van der Waals surface area contributed by atoms with Crippen molar-refractivity contribution in [2.45, 2.75) is 37.1 Å². The molecule has 8 N–H and O–H groups in total. The molecule has 14 nitrogen and oxygen atoms in total. The molecule has 0 spiro atoms. The first-order chi connectivity index (χ1) is 18.0. The molecule has 0 radical (unpaired) electrons. The molecule has 38 heavy (non-hydrogen) atoms. The van der Waals surface area contributed by atoms with Gasteiger partial charge in [0.15, 0.2) is 23.7 Å². The second-order valence-electron chi connectivity index (χ2n) is 8.37. The molecule has 2 aromatic carbocycles. The lowest BCUT2D eigenvalue weighted by atomic mass is 9.99. The van der Waals surface area contributed by atoms with E-state index in [1.807, 2.05) is 0 Å². The Morgan fingerprint density at radius 2 is 1.68 bits per heavy atom. The van der Waals surface area contributed by atoms with E-state index in [4.69, 9.17) is 23.7 Å². The van der Waals surface area contributed by atoms with Crippen LogP contribution in [0.2, 0.25) is 0 Å². The molecule has 0 aliphatic carbocycles. The van der Waals surface area contributed by atoms with Crippen molar-refractivity contribution in [1.29, 1.82) is 0 Å². The molecule has 0 bridgehead atoms. The van der Waals surface area contributed by atoms with Crippen LogP contribution in [0.5, 0.6) is 28.7 Å². The van der Waals surface area contributed by atoms with Crippen LogP contribution < -0.4 is 4.74 Å². The highest BCUT2D eigenvalue weighted by Gasteiger charge is 2.48. The third-order valence-corrected chi connectivity index (χ3v) is 5.68. The number of esters is 1. The zero-order chi connectivity index (χ0) is 27.7. The lowest BCUT2D eigenvalue weighted by molar-refractivity contribution is -0.281. The van der Waals surface area contributed by atoms with Gasteiger partial charge in [-0.2, -0.15) is 0 Å². The lowest BCUT2D eigenvalue weighted by Gasteiger charge is -2.40. The van der Waals surface area contributed by atoms with Crippen molar-refractivity contribution >= 4 is 22.9 Å². The van der Waals surface area contributed by atoms with Gasteiger partial charge in [0.2, 0.25) is 12.0 Å². The fourth-order valence-corrected chi connectivity index (χ4v) is 3.87. The number of hydrogen-bond donors (Lipinski definition) is 8. The summed E-state index contributed by atoms with van der Waals surface area (Å²) in [4.78, 5) is 22.7. The number of fused-ring (bicyclic) bond motifs is 1. The third kappa shape index (κ3) is 5.33. The molecule has 1 aliphatic rings. The Bertz CT molecular complexity index is 1370. The van der Waals surface area contributed by atoms with Gasteiger partial charge in [0.25, 0.3) is 0 Å². The first kappa shape index (κ1) is 26.7. The Morgan fingerprint density at radius 1 is 0.947 bits per heavy atom. The molecule has 14 heteroatoms. The Morgan fingerprint density at radius 3 is 2.34 bits per heavy atom. The number of phenolic OH excluding ortho intramolecular Hbond substituents is 4. The van der Waals surface area contributed by atoms with Crippen LogP contribution >= 0.6 is 0 Å². The molecule has 2 heterocycles. The van der Waals surface area contributed by atoms with Gasteiger partial charge in [0, 0.05) is 18.2 Å². The first-order valence-corrected chi connectivity index (χ1v) is 11.0. The van der Waals surface area contributed by atoms with Crippen LogP contribution in [0.3, 0.4) is 0 Å². The van der Waals surface area contributed by atoms with Crippen LogP contribution in [0.15, 0.2) is 40.8 Å². The predicted octanol–water partition coefficient (Wildman–Crippen LogP) is 0.408. The zero-order valence-electron chi connectivity index (χ0n) is 19.3. The van der Waals surface area contributed by atoms with Crippen LogP contribution in [0.4, 0.5) is 0 Å². The average Bonchev–Trinajstić information content (AvgIpc) is 2.84. The van der Waals surface area contributed by atoms with Crippen LogP contribution in [0, 0.1) is 0 Å². The minimum Gasteiger partial charge on any atom is -0.507 e. The highest BCUT2D eigenvalue weighted by Crippen LogP contribution is 2.42. The second kappa shape index (κ2) is 10.5. The van der Waals surface area contributed by atoms with E-state index in [-0.39, 0.29) is 33.8 Å². The number of carbonyl (C=O) groups is 2. The van der Waals surface area contributed by atoms with E-state index in [0.29, 0.717) is 0 Å². The number of hydrogen-bond acceptors (Lipinski definition) is 12. The van der Waals surface area contributed by atoms with E-state index >= 15 is 0 Å². The molecule has 1 aliphatic heterocycles. The number of carbonyl (C=O) groups excluding carboxylic acids is 1. The summed E-state index contributed by atoms with van der Waals surface area (Å²) in [6, 6.07) is 7.05. The minimum absolute atomic E-state index is 0.0216. The summed E-state index contributed by atoms with van der Waals surface area (Å²) in [5, 5.41) is 79.5. The second-order valence-corrected chi connectivity index (χ2v) is 8.37. The van der Waals surface area contributed by atoms with Crippen molar-refractivity contribution in [3.8, 4) is 40.1 Å². The first-order valence-electron chi connectivity index (χ1n) is 11.0. The minimum atomic E-state index is -1.91. The molecule has 5 atom stereocenters. The van der Waals surface area contributed by atoms with Crippen LogP contribution in [0.1, 0.15) is 6.42 Å². The quantitative estimate of drug-likeness (QED) is 0.0885. The SMILES string of the molecule is O=C(O)CC(=O)OC1C(O)C(CO)OC(Oc2cc3c(O)cc(O)cc3[o+]c2-c2ccc(O)c(O)c2)C1O. The van der Waals surface area contributed by atoms with Gasteiger partial charge in [-0.25, -0.2) is 4.42 Å². The van der Waals surface area contributed by atoms with Gasteiger partial charge in [-0.05, 0) is 12.1 Å². The highest BCUT2D eigenvalue weighted by atomic mass is 16.7. The largest absolute Gasteiger partial charge is 0.507 e. The molecule has 1 fully saturated rings. The topological polar surface area (TPSA) is 235 Å². The van der Waals surface area contributed by atoms with E-state index in [1.165, 1.54) is 18.2 Å². The van der Waals surface area contributed by atoms with E-state index in [1.54, 1.807) is 0 Å².